The van der Waals surface area contributed by atoms with Gasteiger partial charge in [-0.25, -0.2) is 0 Å². The first-order valence-corrected chi connectivity index (χ1v) is 8.28. The Labute approximate surface area is 128 Å². The number of aromatic nitrogens is 3. The van der Waals surface area contributed by atoms with E-state index in [9.17, 15) is 9.59 Å². The Balaban J connectivity index is 2.23. The maximum atomic E-state index is 11.5. The maximum absolute atomic E-state index is 11.5. The van der Waals surface area contributed by atoms with Crippen molar-refractivity contribution in [3.8, 4) is 0 Å². The fourth-order valence-corrected chi connectivity index (χ4v) is 4.38. The summed E-state index contributed by atoms with van der Waals surface area (Å²) in [5, 5.41) is 6.96. The number of thioether (sulfide) groups is 1. The average molecular weight is 312 g/mol. The molecule has 2 atom stereocenters. The van der Waals surface area contributed by atoms with E-state index < -0.39 is 11.1 Å². The quantitative estimate of drug-likeness (QED) is 0.814. The minimum Gasteiger partial charge on any atom is -0.313 e. The largest absolute Gasteiger partial charge is 0.339 e. The zero-order chi connectivity index (χ0) is 15.6. The second-order valence-electron chi connectivity index (χ2n) is 6.43. The SMILES string of the molecule is CCNC1CCC(C)(C)CC1Sc1nc(=O)c(=O)[nH]n1C. The molecule has 1 aliphatic rings. The molecule has 1 heterocycles. The third kappa shape index (κ3) is 3.97. The first-order valence-electron chi connectivity index (χ1n) is 7.40. The van der Waals surface area contributed by atoms with E-state index in [-0.39, 0.29) is 0 Å². The van der Waals surface area contributed by atoms with Crippen LogP contribution in [-0.4, -0.2) is 32.6 Å². The highest BCUT2D eigenvalue weighted by Crippen LogP contribution is 2.41. The fourth-order valence-electron chi connectivity index (χ4n) is 2.84. The molecule has 0 amide bonds. The van der Waals surface area contributed by atoms with Crippen LogP contribution in [0.15, 0.2) is 14.7 Å². The number of nitrogens with zero attached hydrogens (tertiary/aromatic N) is 2. The van der Waals surface area contributed by atoms with Crippen LogP contribution in [0.2, 0.25) is 0 Å². The Morgan fingerprint density at radius 1 is 1.48 bits per heavy atom. The van der Waals surface area contributed by atoms with E-state index >= 15 is 0 Å². The molecule has 2 unspecified atom stereocenters. The highest BCUT2D eigenvalue weighted by molar-refractivity contribution is 7.99. The van der Waals surface area contributed by atoms with Crippen LogP contribution >= 0.6 is 11.8 Å². The molecule has 0 spiro atoms. The first-order chi connectivity index (χ1) is 9.82. The van der Waals surface area contributed by atoms with Gasteiger partial charge in [0.15, 0.2) is 5.16 Å². The summed E-state index contributed by atoms with van der Waals surface area (Å²) in [7, 11) is 1.71. The lowest BCUT2D eigenvalue weighted by Gasteiger charge is -2.40. The van der Waals surface area contributed by atoms with Crippen LogP contribution in [0, 0.1) is 5.41 Å². The summed E-state index contributed by atoms with van der Waals surface area (Å²) in [5.41, 5.74) is -1.09. The predicted molar refractivity (Wildman–Crippen MR) is 84.8 cm³/mol. The third-order valence-corrected chi connectivity index (χ3v) is 5.38. The van der Waals surface area contributed by atoms with Crippen LogP contribution < -0.4 is 16.4 Å². The minimum atomic E-state index is -0.717. The van der Waals surface area contributed by atoms with Crippen molar-refractivity contribution in [2.45, 2.75) is 56.5 Å². The van der Waals surface area contributed by atoms with E-state index in [0.29, 0.717) is 21.9 Å². The topological polar surface area (TPSA) is 79.8 Å². The molecule has 1 aromatic heterocycles. The number of nitrogens with one attached hydrogen (secondary N) is 2. The molecule has 6 nitrogen and oxygen atoms in total. The van der Waals surface area contributed by atoms with Gasteiger partial charge in [0.2, 0.25) is 0 Å². The van der Waals surface area contributed by atoms with Crippen LogP contribution in [0.3, 0.4) is 0 Å². The molecule has 0 saturated heterocycles. The summed E-state index contributed by atoms with van der Waals surface area (Å²) in [4.78, 5) is 26.7. The number of hydrogen-bond acceptors (Lipinski definition) is 5. The molecule has 21 heavy (non-hydrogen) atoms. The van der Waals surface area contributed by atoms with Gasteiger partial charge in [-0.1, -0.05) is 32.5 Å². The van der Waals surface area contributed by atoms with Crippen molar-refractivity contribution in [2.75, 3.05) is 6.54 Å². The van der Waals surface area contributed by atoms with Crippen LogP contribution in [-0.2, 0) is 7.05 Å². The van der Waals surface area contributed by atoms with Crippen LogP contribution in [0.4, 0.5) is 0 Å². The lowest BCUT2D eigenvalue weighted by molar-refractivity contribution is 0.215. The standard InChI is InChI=1S/C14H24N4O2S/c1-5-15-9-6-7-14(2,3)8-10(9)21-13-16-11(19)12(20)17-18(13)4/h9-10,15H,5-8H2,1-4H3,(H,17,20). The molecule has 1 saturated carbocycles. The molecule has 7 heteroatoms. The van der Waals surface area contributed by atoms with Crippen molar-refractivity contribution in [3.05, 3.63) is 20.7 Å². The van der Waals surface area contributed by atoms with Gasteiger partial charge in [-0.15, -0.1) is 0 Å². The van der Waals surface area contributed by atoms with Crippen LogP contribution in [0.25, 0.3) is 0 Å². The summed E-state index contributed by atoms with van der Waals surface area (Å²) in [6.07, 6.45) is 3.37. The zero-order valence-electron chi connectivity index (χ0n) is 13.1. The van der Waals surface area contributed by atoms with E-state index in [1.54, 1.807) is 23.5 Å². The van der Waals surface area contributed by atoms with Gasteiger partial charge in [-0.05, 0) is 31.2 Å². The van der Waals surface area contributed by atoms with Crippen molar-refractivity contribution in [1.82, 2.24) is 20.1 Å². The first kappa shape index (κ1) is 16.3. The van der Waals surface area contributed by atoms with Crippen molar-refractivity contribution < 1.29 is 0 Å². The van der Waals surface area contributed by atoms with Crippen molar-refractivity contribution in [1.29, 1.82) is 0 Å². The molecule has 1 fully saturated rings. The number of rotatable bonds is 4. The highest BCUT2D eigenvalue weighted by atomic mass is 32.2. The second-order valence-corrected chi connectivity index (χ2v) is 7.63. The van der Waals surface area contributed by atoms with Gasteiger partial charge in [-0.3, -0.25) is 19.4 Å². The maximum Gasteiger partial charge on any atom is 0.339 e. The van der Waals surface area contributed by atoms with Gasteiger partial charge in [0.05, 0.1) is 0 Å². The molecule has 0 aromatic carbocycles. The number of hydrogen-bond donors (Lipinski definition) is 2. The van der Waals surface area contributed by atoms with Crippen molar-refractivity contribution in [2.24, 2.45) is 12.5 Å². The summed E-state index contributed by atoms with van der Waals surface area (Å²) in [6.45, 7) is 7.60. The molecule has 2 rings (SSSR count). The van der Waals surface area contributed by atoms with E-state index in [1.165, 1.54) is 6.42 Å². The fraction of sp³-hybridized carbons (Fsp3) is 0.786. The molecule has 0 radical (unpaired) electrons. The lowest BCUT2D eigenvalue weighted by atomic mass is 9.75. The van der Waals surface area contributed by atoms with Gasteiger partial charge >= 0.3 is 11.1 Å². The van der Waals surface area contributed by atoms with E-state index in [2.05, 4.69) is 36.2 Å². The summed E-state index contributed by atoms with van der Waals surface area (Å²) in [5.74, 6) is 0. The van der Waals surface area contributed by atoms with Gasteiger partial charge in [0.1, 0.15) is 0 Å². The Bertz CT molecular complexity index is 608. The Morgan fingerprint density at radius 3 is 2.86 bits per heavy atom. The Morgan fingerprint density at radius 2 is 2.19 bits per heavy atom. The van der Waals surface area contributed by atoms with Gasteiger partial charge in [-0.2, -0.15) is 4.98 Å². The molecule has 1 aromatic rings. The molecule has 0 aliphatic heterocycles. The molecule has 2 N–H and O–H groups in total. The Kier molecular flexibility index (Phi) is 4.93. The summed E-state index contributed by atoms with van der Waals surface area (Å²) < 4.78 is 1.54. The number of H-pyrrole nitrogens is 1. The number of aryl methyl sites for hydroxylation is 1. The van der Waals surface area contributed by atoms with Gasteiger partial charge in [0.25, 0.3) is 0 Å². The molecular formula is C14H24N4O2S. The minimum absolute atomic E-state index is 0.296. The van der Waals surface area contributed by atoms with Crippen LogP contribution in [0.5, 0.6) is 0 Å². The predicted octanol–water partition coefficient (Wildman–Crippen LogP) is 1.12. The van der Waals surface area contributed by atoms with Crippen molar-refractivity contribution >= 4 is 11.8 Å². The van der Waals surface area contributed by atoms with E-state index in [1.807, 2.05) is 0 Å². The normalized spacial score (nSPS) is 25.0. The second kappa shape index (κ2) is 6.36. The molecule has 118 valence electrons. The van der Waals surface area contributed by atoms with E-state index in [4.69, 9.17) is 0 Å². The smallest absolute Gasteiger partial charge is 0.313 e. The molecule has 1 aliphatic carbocycles. The Hall–Kier alpha value is -1.08. The summed E-state index contributed by atoms with van der Waals surface area (Å²) >= 11 is 1.58. The zero-order valence-corrected chi connectivity index (χ0v) is 13.9. The van der Waals surface area contributed by atoms with Crippen LogP contribution in [0.1, 0.15) is 40.0 Å². The van der Waals surface area contributed by atoms with Gasteiger partial charge in [0, 0.05) is 18.3 Å². The monoisotopic (exact) mass is 312 g/mol. The molecule has 0 bridgehead atoms. The average Bonchev–Trinajstić information content (AvgIpc) is 2.39. The summed E-state index contributed by atoms with van der Waals surface area (Å²) in [6, 6.07) is 0.414. The highest BCUT2D eigenvalue weighted by Gasteiger charge is 2.35. The lowest BCUT2D eigenvalue weighted by Crippen LogP contribution is -2.45. The molecular weight excluding hydrogens is 288 g/mol. The third-order valence-electron chi connectivity index (χ3n) is 4.01. The number of aromatic amines is 1. The van der Waals surface area contributed by atoms with Gasteiger partial charge < -0.3 is 5.32 Å². The van der Waals surface area contributed by atoms with Crippen molar-refractivity contribution in [3.63, 3.8) is 0 Å². The van der Waals surface area contributed by atoms with E-state index in [0.717, 1.165) is 19.4 Å².